The molecule has 0 saturated carbocycles. The van der Waals surface area contributed by atoms with E-state index in [4.69, 9.17) is 0 Å². The van der Waals surface area contributed by atoms with Gasteiger partial charge in [0.25, 0.3) is 5.91 Å². The van der Waals surface area contributed by atoms with E-state index in [0.717, 1.165) is 24.2 Å². The first-order chi connectivity index (χ1) is 9.83. The molecule has 0 aliphatic carbocycles. The first-order valence-corrected chi connectivity index (χ1v) is 6.40. The highest BCUT2D eigenvalue weighted by Crippen LogP contribution is 2.10. The summed E-state index contributed by atoms with van der Waals surface area (Å²) in [5.41, 5.74) is 2.03. The van der Waals surface area contributed by atoms with Crippen molar-refractivity contribution in [1.82, 2.24) is 30.7 Å². The summed E-state index contributed by atoms with van der Waals surface area (Å²) in [6, 6.07) is 5.24. The molecular formula is C13H14N6O. The lowest BCUT2D eigenvalue weighted by Crippen LogP contribution is -2.24. The van der Waals surface area contributed by atoms with Crippen LogP contribution in [0.4, 0.5) is 0 Å². The number of hydrogen-bond donors (Lipinski definition) is 3. The fourth-order valence-electron chi connectivity index (χ4n) is 1.98. The molecule has 2 heterocycles. The lowest BCUT2D eigenvalue weighted by atomic mass is 10.2. The van der Waals surface area contributed by atoms with Gasteiger partial charge in [-0.05, 0) is 24.6 Å². The third kappa shape index (κ3) is 2.66. The molecule has 0 aliphatic heterocycles. The van der Waals surface area contributed by atoms with Crippen LogP contribution < -0.4 is 5.32 Å². The molecule has 102 valence electrons. The zero-order valence-corrected chi connectivity index (χ0v) is 10.8. The zero-order chi connectivity index (χ0) is 13.8. The van der Waals surface area contributed by atoms with E-state index < -0.39 is 0 Å². The van der Waals surface area contributed by atoms with E-state index in [1.807, 2.05) is 0 Å². The maximum atomic E-state index is 12.0. The van der Waals surface area contributed by atoms with Crippen LogP contribution in [0.5, 0.6) is 0 Å². The topological polar surface area (TPSA) is 99.4 Å². The van der Waals surface area contributed by atoms with Crippen LogP contribution in [0.25, 0.3) is 11.0 Å². The number of aromatic amines is 2. The predicted molar refractivity (Wildman–Crippen MR) is 73.1 cm³/mol. The molecular weight excluding hydrogens is 256 g/mol. The molecule has 7 heteroatoms. The van der Waals surface area contributed by atoms with Gasteiger partial charge in [0.2, 0.25) is 0 Å². The summed E-state index contributed by atoms with van der Waals surface area (Å²) in [5, 5.41) is 13.3. The van der Waals surface area contributed by atoms with E-state index in [0.29, 0.717) is 17.6 Å². The minimum atomic E-state index is -0.102. The third-order valence-electron chi connectivity index (χ3n) is 3.01. The Morgan fingerprint density at radius 3 is 3.00 bits per heavy atom. The number of hydrogen-bond acceptors (Lipinski definition) is 4. The highest BCUT2D eigenvalue weighted by atomic mass is 16.1. The molecule has 3 aromatic rings. The lowest BCUT2D eigenvalue weighted by Gasteiger charge is -2.04. The molecule has 0 saturated heterocycles. The van der Waals surface area contributed by atoms with E-state index in [9.17, 15) is 4.79 Å². The summed E-state index contributed by atoms with van der Waals surface area (Å²) in [7, 11) is 0. The van der Waals surface area contributed by atoms with Gasteiger partial charge < -0.3 is 10.3 Å². The first kappa shape index (κ1) is 12.3. The van der Waals surface area contributed by atoms with Crippen molar-refractivity contribution >= 4 is 16.9 Å². The highest BCUT2D eigenvalue weighted by Gasteiger charge is 2.07. The summed E-state index contributed by atoms with van der Waals surface area (Å²) in [6.45, 7) is 0.608. The van der Waals surface area contributed by atoms with Crippen molar-refractivity contribution in [3.63, 3.8) is 0 Å². The predicted octanol–water partition coefficient (Wildman–Crippen LogP) is 1.04. The number of H-pyrrole nitrogens is 2. The zero-order valence-electron chi connectivity index (χ0n) is 10.8. The molecule has 2 aromatic heterocycles. The summed E-state index contributed by atoms with van der Waals surface area (Å²) >= 11 is 0. The fourth-order valence-corrected chi connectivity index (χ4v) is 1.98. The monoisotopic (exact) mass is 270 g/mol. The van der Waals surface area contributed by atoms with Crippen molar-refractivity contribution in [2.24, 2.45) is 0 Å². The molecule has 0 unspecified atom stereocenters. The van der Waals surface area contributed by atoms with Crippen LogP contribution in [0.2, 0.25) is 0 Å². The average Bonchev–Trinajstić information content (AvgIpc) is 3.13. The number of carbonyl (C=O) groups excluding carboxylic acids is 1. The molecule has 3 N–H and O–H groups in total. The summed E-state index contributed by atoms with van der Waals surface area (Å²) in [6.07, 6.45) is 5.17. The average molecular weight is 270 g/mol. The van der Waals surface area contributed by atoms with Crippen molar-refractivity contribution in [3.8, 4) is 0 Å². The second-order valence-electron chi connectivity index (χ2n) is 4.42. The van der Waals surface area contributed by atoms with Gasteiger partial charge in [0.1, 0.15) is 16.9 Å². The van der Waals surface area contributed by atoms with Gasteiger partial charge in [0, 0.05) is 30.9 Å². The maximum Gasteiger partial charge on any atom is 0.251 e. The van der Waals surface area contributed by atoms with E-state index in [1.165, 1.54) is 0 Å². The fraction of sp³-hybridized carbons (Fsp3) is 0.231. The molecule has 0 atom stereocenters. The Labute approximate surface area is 114 Å². The van der Waals surface area contributed by atoms with Gasteiger partial charge >= 0.3 is 0 Å². The molecule has 0 spiro atoms. The summed E-state index contributed by atoms with van der Waals surface area (Å²) < 4.78 is 0. The number of aryl methyl sites for hydroxylation is 1. The number of aromatic nitrogens is 5. The number of fused-ring (bicyclic) bond motifs is 1. The van der Waals surface area contributed by atoms with Crippen molar-refractivity contribution in [1.29, 1.82) is 0 Å². The van der Waals surface area contributed by atoms with Gasteiger partial charge in [-0.15, -0.1) is 0 Å². The molecule has 1 amide bonds. The van der Waals surface area contributed by atoms with Crippen LogP contribution in [-0.4, -0.2) is 37.8 Å². The van der Waals surface area contributed by atoms with Crippen molar-refractivity contribution < 1.29 is 4.79 Å². The number of amides is 1. The Balaban J connectivity index is 1.53. The van der Waals surface area contributed by atoms with Gasteiger partial charge in [-0.3, -0.25) is 4.79 Å². The SMILES string of the molecule is O=C(NCCCc1ncc[nH]1)c1ccc2n[nH]nc2c1. The number of imidazole rings is 1. The number of nitrogens with zero attached hydrogens (tertiary/aromatic N) is 3. The molecule has 0 fully saturated rings. The third-order valence-corrected chi connectivity index (χ3v) is 3.01. The maximum absolute atomic E-state index is 12.0. The van der Waals surface area contributed by atoms with Gasteiger partial charge in [-0.1, -0.05) is 0 Å². The van der Waals surface area contributed by atoms with Crippen LogP contribution in [0.15, 0.2) is 30.6 Å². The van der Waals surface area contributed by atoms with E-state index in [1.54, 1.807) is 30.6 Å². The molecule has 20 heavy (non-hydrogen) atoms. The minimum absolute atomic E-state index is 0.102. The van der Waals surface area contributed by atoms with Gasteiger partial charge in [-0.2, -0.15) is 15.4 Å². The number of rotatable bonds is 5. The van der Waals surface area contributed by atoms with Gasteiger partial charge in [-0.25, -0.2) is 4.98 Å². The van der Waals surface area contributed by atoms with Crippen molar-refractivity contribution in [3.05, 3.63) is 42.0 Å². The van der Waals surface area contributed by atoms with Gasteiger partial charge in [0.15, 0.2) is 0 Å². The normalized spacial score (nSPS) is 10.8. The Kier molecular flexibility index (Phi) is 3.40. The molecule has 7 nitrogen and oxygen atoms in total. The van der Waals surface area contributed by atoms with E-state index >= 15 is 0 Å². The largest absolute Gasteiger partial charge is 0.352 e. The van der Waals surface area contributed by atoms with Crippen LogP contribution in [-0.2, 0) is 6.42 Å². The quantitative estimate of drug-likeness (QED) is 0.603. The second kappa shape index (κ2) is 5.52. The molecule has 0 radical (unpaired) electrons. The molecule has 0 aliphatic rings. The van der Waals surface area contributed by atoms with E-state index in [2.05, 4.69) is 30.7 Å². The smallest absolute Gasteiger partial charge is 0.251 e. The van der Waals surface area contributed by atoms with Gasteiger partial charge in [0.05, 0.1) is 0 Å². The number of benzene rings is 1. The Hall–Kier alpha value is -2.70. The van der Waals surface area contributed by atoms with Crippen LogP contribution in [0.3, 0.4) is 0 Å². The standard InChI is InChI=1S/C13H14N6O/c20-13(16-5-1-2-12-14-6-7-15-12)9-3-4-10-11(8-9)18-19-17-10/h3-4,6-8H,1-2,5H2,(H,14,15)(H,16,20)(H,17,18,19). The molecule has 0 bridgehead atoms. The Morgan fingerprint density at radius 2 is 2.15 bits per heavy atom. The highest BCUT2D eigenvalue weighted by molar-refractivity contribution is 5.97. The number of nitrogens with one attached hydrogen (secondary N) is 3. The first-order valence-electron chi connectivity index (χ1n) is 6.40. The van der Waals surface area contributed by atoms with Crippen LogP contribution in [0.1, 0.15) is 22.6 Å². The minimum Gasteiger partial charge on any atom is -0.352 e. The second-order valence-corrected chi connectivity index (χ2v) is 4.42. The molecule has 3 rings (SSSR count). The molecule has 1 aromatic carbocycles. The summed E-state index contributed by atoms with van der Waals surface area (Å²) in [4.78, 5) is 19.1. The van der Waals surface area contributed by atoms with Crippen molar-refractivity contribution in [2.75, 3.05) is 6.54 Å². The summed E-state index contributed by atoms with van der Waals surface area (Å²) in [5.74, 6) is 0.831. The van der Waals surface area contributed by atoms with Crippen LogP contribution >= 0.6 is 0 Å². The number of carbonyl (C=O) groups is 1. The Morgan fingerprint density at radius 1 is 1.25 bits per heavy atom. The lowest BCUT2D eigenvalue weighted by molar-refractivity contribution is 0.0953. The van der Waals surface area contributed by atoms with E-state index in [-0.39, 0.29) is 5.91 Å². The Bertz CT molecular complexity index is 703. The van der Waals surface area contributed by atoms with Crippen LogP contribution in [0, 0.1) is 0 Å². The van der Waals surface area contributed by atoms with Crippen molar-refractivity contribution in [2.45, 2.75) is 12.8 Å².